The Hall–Kier alpha value is -1.78. The van der Waals surface area contributed by atoms with Crippen LogP contribution in [-0.2, 0) is 4.74 Å². The highest BCUT2D eigenvalue weighted by Crippen LogP contribution is 2.29. The van der Waals surface area contributed by atoms with Crippen molar-refractivity contribution in [2.45, 2.75) is 82.8 Å². The van der Waals surface area contributed by atoms with E-state index < -0.39 is 0 Å². The second kappa shape index (κ2) is 9.62. The van der Waals surface area contributed by atoms with Crippen molar-refractivity contribution in [2.24, 2.45) is 5.92 Å². The third-order valence-corrected chi connectivity index (χ3v) is 6.95. The van der Waals surface area contributed by atoms with Crippen LogP contribution in [0.1, 0.15) is 70.6 Å². The Bertz CT molecular complexity index is 610. The van der Waals surface area contributed by atoms with E-state index in [4.69, 9.17) is 4.74 Å². The van der Waals surface area contributed by atoms with E-state index in [9.17, 15) is 4.79 Å². The molecule has 3 heterocycles. The zero-order chi connectivity index (χ0) is 19.2. The molecule has 2 saturated heterocycles. The maximum absolute atomic E-state index is 12.4. The lowest BCUT2D eigenvalue weighted by molar-refractivity contribution is 0.121. The van der Waals surface area contributed by atoms with Gasteiger partial charge in [0.25, 0.3) is 0 Å². The molecule has 5 heteroatoms. The lowest BCUT2D eigenvalue weighted by atomic mass is 9.85. The third kappa shape index (κ3) is 4.98. The van der Waals surface area contributed by atoms with Gasteiger partial charge in [-0.25, -0.2) is 4.79 Å². The predicted octanol–water partition coefficient (Wildman–Crippen LogP) is 5.01. The zero-order valence-electron chi connectivity index (χ0n) is 17.1. The number of hydrogen-bond acceptors (Lipinski definition) is 4. The summed E-state index contributed by atoms with van der Waals surface area (Å²) in [5.74, 6) is 0.960. The number of cyclic esters (lactones) is 1. The van der Waals surface area contributed by atoms with Crippen molar-refractivity contribution in [1.29, 1.82) is 0 Å². The molecule has 28 heavy (non-hydrogen) atoms. The highest BCUT2D eigenvalue weighted by Gasteiger charge is 2.37. The largest absolute Gasteiger partial charge is 0.444 e. The summed E-state index contributed by atoms with van der Waals surface area (Å²) in [6.07, 6.45) is 17.8. The van der Waals surface area contributed by atoms with E-state index in [1.165, 1.54) is 57.1 Å². The maximum Gasteiger partial charge on any atom is 0.410 e. The third-order valence-electron chi connectivity index (χ3n) is 6.95. The van der Waals surface area contributed by atoms with Crippen molar-refractivity contribution in [1.82, 2.24) is 9.88 Å². The van der Waals surface area contributed by atoms with Crippen LogP contribution in [0.25, 0.3) is 0 Å². The van der Waals surface area contributed by atoms with Crippen LogP contribution in [-0.4, -0.2) is 47.8 Å². The lowest BCUT2D eigenvalue weighted by Crippen LogP contribution is -2.45. The van der Waals surface area contributed by atoms with Crippen LogP contribution in [0.4, 0.5) is 10.5 Å². The first-order valence-corrected chi connectivity index (χ1v) is 11.4. The van der Waals surface area contributed by atoms with E-state index in [1.54, 1.807) is 0 Å². The SMILES string of the molecule is O=C1OC(CCCCC2CCCCC2)CN1C1CCN(c2ccncc2)CC1. The van der Waals surface area contributed by atoms with Gasteiger partial charge < -0.3 is 14.5 Å². The van der Waals surface area contributed by atoms with Crippen molar-refractivity contribution in [3.8, 4) is 0 Å². The van der Waals surface area contributed by atoms with Crippen LogP contribution in [0.2, 0.25) is 0 Å². The van der Waals surface area contributed by atoms with Gasteiger partial charge in [0.05, 0.1) is 6.54 Å². The van der Waals surface area contributed by atoms with Gasteiger partial charge in [0.2, 0.25) is 0 Å². The molecule has 5 nitrogen and oxygen atoms in total. The number of rotatable bonds is 7. The zero-order valence-corrected chi connectivity index (χ0v) is 17.1. The molecule has 1 amide bonds. The number of pyridine rings is 1. The average molecular weight is 386 g/mol. The van der Waals surface area contributed by atoms with Crippen LogP contribution in [0, 0.1) is 5.92 Å². The quantitative estimate of drug-likeness (QED) is 0.619. The fourth-order valence-electron chi connectivity index (χ4n) is 5.26. The van der Waals surface area contributed by atoms with Gasteiger partial charge in [-0.3, -0.25) is 4.98 Å². The fourth-order valence-corrected chi connectivity index (χ4v) is 5.26. The highest BCUT2D eigenvalue weighted by molar-refractivity contribution is 5.70. The van der Waals surface area contributed by atoms with E-state index >= 15 is 0 Å². The Labute approximate surface area is 169 Å². The van der Waals surface area contributed by atoms with Gasteiger partial charge in [0, 0.05) is 37.2 Å². The molecule has 0 bridgehead atoms. The fraction of sp³-hybridized carbons (Fsp3) is 0.739. The summed E-state index contributed by atoms with van der Waals surface area (Å²) in [7, 11) is 0. The van der Waals surface area contributed by atoms with Crippen LogP contribution in [0.5, 0.6) is 0 Å². The summed E-state index contributed by atoms with van der Waals surface area (Å²) in [6, 6.07) is 4.46. The van der Waals surface area contributed by atoms with E-state index in [0.717, 1.165) is 44.8 Å². The van der Waals surface area contributed by atoms with Crippen molar-refractivity contribution in [2.75, 3.05) is 24.5 Å². The Kier molecular flexibility index (Phi) is 6.71. The molecule has 1 aliphatic carbocycles. The molecule has 0 N–H and O–H groups in total. The van der Waals surface area contributed by atoms with Gasteiger partial charge in [0.1, 0.15) is 6.10 Å². The normalized spacial score (nSPS) is 24.6. The average Bonchev–Trinajstić information content (AvgIpc) is 3.13. The number of hydrogen-bond donors (Lipinski definition) is 0. The predicted molar refractivity (Wildman–Crippen MR) is 111 cm³/mol. The minimum Gasteiger partial charge on any atom is -0.444 e. The topological polar surface area (TPSA) is 45.7 Å². The summed E-state index contributed by atoms with van der Waals surface area (Å²) in [5.41, 5.74) is 1.23. The summed E-state index contributed by atoms with van der Waals surface area (Å²) >= 11 is 0. The number of carbonyl (C=O) groups excluding carboxylic acids is 1. The maximum atomic E-state index is 12.4. The molecule has 4 rings (SSSR count). The van der Waals surface area contributed by atoms with Crippen LogP contribution < -0.4 is 4.90 Å². The first kappa shape index (κ1) is 19.5. The van der Waals surface area contributed by atoms with Gasteiger partial charge in [0.15, 0.2) is 0 Å². The number of anilines is 1. The van der Waals surface area contributed by atoms with Crippen molar-refractivity contribution in [3.63, 3.8) is 0 Å². The first-order valence-electron chi connectivity index (χ1n) is 11.4. The molecular weight excluding hydrogens is 350 g/mol. The molecule has 2 aliphatic heterocycles. The summed E-state index contributed by atoms with van der Waals surface area (Å²) < 4.78 is 5.70. The van der Waals surface area contributed by atoms with Crippen molar-refractivity contribution < 1.29 is 9.53 Å². The summed E-state index contributed by atoms with van der Waals surface area (Å²) in [6.45, 7) is 2.78. The Balaban J connectivity index is 1.17. The number of carbonyl (C=O) groups is 1. The number of nitrogens with zero attached hydrogens (tertiary/aromatic N) is 3. The van der Waals surface area contributed by atoms with E-state index in [0.29, 0.717) is 6.04 Å². The molecule has 3 fully saturated rings. The Morgan fingerprint density at radius 2 is 1.68 bits per heavy atom. The monoisotopic (exact) mass is 385 g/mol. The van der Waals surface area contributed by atoms with E-state index in [2.05, 4.69) is 22.0 Å². The summed E-state index contributed by atoms with van der Waals surface area (Å²) in [4.78, 5) is 20.9. The van der Waals surface area contributed by atoms with Crippen LogP contribution in [0.15, 0.2) is 24.5 Å². The van der Waals surface area contributed by atoms with E-state index in [-0.39, 0.29) is 12.2 Å². The number of unbranched alkanes of at least 4 members (excludes halogenated alkanes) is 1. The molecule has 154 valence electrons. The van der Waals surface area contributed by atoms with Gasteiger partial charge in [-0.15, -0.1) is 0 Å². The molecular formula is C23H35N3O2. The summed E-state index contributed by atoms with van der Waals surface area (Å²) in [5, 5.41) is 0. The van der Waals surface area contributed by atoms with Gasteiger partial charge >= 0.3 is 6.09 Å². The number of aromatic nitrogens is 1. The smallest absolute Gasteiger partial charge is 0.410 e. The molecule has 1 atom stereocenters. The minimum absolute atomic E-state index is 0.0837. The van der Waals surface area contributed by atoms with Crippen molar-refractivity contribution in [3.05, 3.63) is 24.5 Å². The van der Waals surface area contributed by atoms with Crippen LogP contribution >= 0.6 is 0 Å². The van der Waals surface area contributed by atoms with Crippen molar-refractivity contribution >= 4 is 11.8 Å². The first-order chi connectivity index (χ1) is 13.8. The molecule has 1 aromatic heterocycles. The molecule has 1 unspecified atom stereocenters. The minimum atomic E-state index is -0.0837. The van der Waals surface area contributed by atoms with Crippen LogP contribution in [0.3, 0.4) is 0 Å². The Morgan fingerprint density at radius 1 is 0.964 bits per heavy atom. The second-order valence-corrected chi connectivity index (χ2v) is 8.87. The van der Waals surface area contributed by atoms with Gasteiger partial charge in [-0.1, -0.05) is 44.9 Å². The highest BCUT2D eigenvalue weighted by atomic mass is 16.6. The molecule has 0 radical (unpaired) electrons. The lowest BCUT2D eigenvalue weighted by Gasteiger charge is -2.36. The molecule has 3 aliphatic rings. The number of piperidine rings is 1. The van der Waals surface area contributed by atoms with Gasteiger partial charge in [-0.05, 0) is 43.7 Å². The number of amides is 1. The van der Waals surface area contributed by atoms with Gasteiger partial charge in [-0.2, -0.15) is 0 Å². The standard InChI is InChI=1S/C23H35N3O2/c27-23-26(21-12-16-25(17-13-21)20-10-14-24-15-11-20)18-22(28-23)9-5-4-8-19-6-2-1-3-7-19/h10-11,14-15,19,21-22H,1-9,12-13,16-18H2. The Morgan fingerprint density at radius 3 is 2.43 bits per heavy atom. The number of ether oxygens (including phenoxy) is 1. The second-order valence-electron chi connectivity index (χ2n) is 8.87. The molecule has 0 aromatic carbocycles. The molecule has 1 saturated carbocycles. The van der Waals surface area contributed by atoms with E-state index in [1.807, 2.05) is 17.3 Å². The molecule has 1 aromatic rings. The molecule has 0 spiro atoms.